The molecule has 8 nitrogen and oxygen atoms in total. The fourth-order valence-corrected chi connectivity index (χ4v) is 7.71. The molecule has 1 aromatic carbocycles. The molecule has 0 aliphatic heterocycles. The lowest BCUT2D eigenvalue weighted by Crippen LogP contribution is -2.30. The van der Waals surface area contributed by atoms with Gasteiger partial charge in [0.1, 0.15) is 4.83 Å². The highest BCUT2D eigenvalue weighted by Crippen LogP contribution is 2.36. The Bertz CT molecular complexity index is 1360. The van der Waals surface area contributed by atoms with Gasteiger partial charge in [-0.3, -0.25) is 9.59 Å². The summed E-state index contributed by atoms with van der Waals surface area (Å²) in [6, 6.07) is 6.12. The second-order valence-electron chi connectivity index (χ2n) is 8.35. The van der Waals surface area contributed by atoms with E-state index in [9.17, 15) is 18.0 Å². The number of thiophene rings is 1. The largest absolute Gasteiger partial charge is 0.325 e. The number of hydrogen-bond donors (Lipinski definition) is 2. The first-order valence-electron chi connectivity index (χ1n) is 11.3. The molecule has 4 rings (SSSR count). The molecule has 1 atom stereocenters. The van der Waals surface area contributed by atoms with E-state index in [1.807, 2.05) is 0 Å². The monoisotopic (exact) mass is 520 g/mol. The van der Waals surface area contributed by atoms with Crippen molar-refractivity contribution in [2.75, 3.05) is 24.2 Å². The molecule has 2 N–H and O–H groups in total. The topological polar surface area (TPSA) is 112 Å². The average Bonchev–Trinajstić information content (AvgIpc) is 3.16. The Labute approximate surface area is 207 Å². The number of aromatic nitrogens is 2. The number of carbonyl (C=O) groups excluding carboxylic acids is 1. The number of carbonyl (C=O) groups is 1. The lowest BCUT2D eigenvalue weighted by Gasteiger charge is -2.18. The van der Waals surface area contributed by atoms with Gasteiger partial charge < -0.3 is 10.3 Å². The molecule has 0 saturated carbocycles. The fourth-order valence-electron chi connectivity index (χ4n) is 4.15. The van der Waals surface area contributed by atoms with E-state index in [-0.39, 0.29) is 22.1 Å². The van der Waals surface area contributed by atoms with Crippen molar-refractivity contribution < 1.29 is 13.2 Å². The molecule has 2 aromatic heterocycles. The van der Waals surface area contributed by atoms with Gasteiger partial charge in [-0.15, -0.1) is 11.3 Å². The molecule has 1 aliphatic carbocycles. The number of nitrogens with zero attached hydrogens (tertiary/aromatic N) is 2. The molecule has 2 heterocycles. The molecule has 0 bridgehead atoms. The molecule has 0 spiro atoms. The Morgan fingerprint density at radius 2 is 1.97 bits per heavy atom. The van der Waals surface area contributed by atoms with Crippen molar-refractivity contribution in [1.29, 1.82) is 0 Å². The summed E-state index contributed by atoms with van der Waals surface area (Å²) >= 11 is 2.75. The Morgan fingerprint density at radius 3 is 2.65 bits per heavy atom. The van der Waals surface area contributed by atoms with Crippen LogP contribution in [0.2, 0.25) is 0 Å². The van der Waals surface area contributed by atoms with Gasteiger partial charge in [-0.05, 0) is 55.0 Å². The van der Waals surface area contributed by atoms with E-state index < -0.39 is 10.0 Å². The lowest BCUT2D eigenvalue weighted by molar-refractivity contribution is -0.113. The zero-order valence-electron chi connectivity index (χ0n) is 19.4. The fraction of sp³-hybridized carbons (Fsp3) is 0.435. The van der Waals surface area contributed by atoms with E-state index in [2.05, 4.69) is 22.2 Å². The maximum Gasteiger partial charge on any atom is 0.260 e. The normalized spacial score (nSPS) is 16.1. The van der Waals surface area contributed by atoms with Crippen LogP contribution in [0.1, 0.15) is 37.6 Å². The number of aromatic amines is 1. The molecular weight excluding hydrogens is 492 g/mol. The van der Waals surface area contributed by atoms with Crippen LogP contribution in [0, 0.1) is 5.92 Å². The van der Waals surface area contributed by atoms with Gasteiger partial charge in [0.05, 0.1) is 16.0 Å². The van der Waals surface area contributed by atoms with Crippen LogP contribution in [-0.4, -0.2) is 47.4 Å². The van der Waals surface area contributed by atoms with Gasteiger partial charge in [-0.1, -0.05) is 32.5 Å². The van der Waals surface area contributed by atoms with E-state index in [1.54, 1.807) is 37.3 Å². The summed E-state index contributed by atoms with van der Waals surface area (Å²) in [6.07, 6.45) is 2.97. The van der Waals surface area contributed by atoms with Crippen LogP contribution in [-0.2, 0) is 27.7 Å². The molecule has 11 heteroatoms. The molecule has 182 valence electrons. The molecule has 0 saturated heterocycles. The summed E-state index contributed by atoms with van der Waals surface area (Å²) in [5.41, 5.74) is 1.48. The first-order chi connectivity index (χ1) is 16.2. The predicted octanol–water partition coefficient (Wildman–Crippen LogP) is 3.87. The maximum atomic E-state index is 12.7. The number of aryl methyl sites for hydroxylation is 1. The van der Waals surface area contributed by atoms with Gasteiger partial charge in [-0.25, -0.2) is 13.4 Å². The van der Waals surface area contributed by atoms with Gasteiger partial charge in [0.25, 0.3) is 5.56 Å². The lowest BCUT2D eigenvalue weighted by atomic mass is 9.89. The number of rotatable bonds is 8. The minimum absolute atomic E-state index is 0.0655. The first kappa shape index (κ1) is 24.9. The van der Waals surface area contributed by atoms with E-state index in [1.165, 1.54) is 33.1 Å². The number of amides is 1. The summed E-state index contributed by atoms with van der Waals surface area (Å²) in [7, 11) is -3.54. The summed E-state index contributed by atoms with van der Waals surface area (Å²) in [4.78, 5) is 34.7. The molecular formula is C23H28N4O4S3. The first-order valence-corrected chi connectivity index (χ1v) is 14.5. The van der Waals surface area contributed by atoms with Crippen molar-refractivity contribution in [3.8, 4) is 0 Å². The average molecular weight is 521 g/mol. The maximum absolute atomic E-state index is 12.7. The van der Waals surface area contributed by atoms with Gasteiger partial charge in [-0.2, -0.15) is 4.31 Å². The SMILES string of the molecule is CCN(CC)S(=O)(=O)c1ccc(NC(=O)CSc2nc3sc4c(c3c(=O)[nH]2)CCC(C)C4)cc1. The number of nitrogens with one attached hydrogen (secondary N) is 2. The van der Waals surface area contributed by atoms with Gasteiger partial charge in [0, 0.05) is 23.7 Å². The third kappa shape index (κ3) is 5.07. The number of anilines is 1. The van der Waals surface area contributed by atoms with Crippen LogP contribution in [0.5, 0.6) is 0 Å². The van der Waals surface area contributed by atoms with Crippen LogP contribution in [0.15, 0.2) is 39.1 Å². The van der Waals surface area contributed by atoms with E-state index in [0.29, 0.717) is 35.2 Å². The van der Waals surface area contributed by atoms with Gasteiger partial charge >= 0.3 is 0 Å². The molecule has 1 aliphatic rings. The van der Waals surface area contributed by atoms with Crippen LogP contribution >= 0.6 is 23.1 Å². The van der Waals surface area contributed by atoms with Gasteiger partial charge in [0.2, 0.25) is 15.9 Å². The highest BCUT2D eigenvalue weighted by Gasteiger charge is 2.23. The molecule has 0 fully saturated rings. The third-order valence-electron chi connectivity index (χ3n) is 5.96. The summed E-state index contributed by atoms with van der Waals surface area (Å²) in [5.74, 6) is 0.408. The highest BCUT2D eigenvalue weighted by atomic mass is 32.2. The zero-order chi connectivity index (χ0) is 24.5. The number of fused-ring (bicyclic) bond motifs is 3. The summed E-state index contributed by atoms with van der Waals surface area (Å²) < 4.78 is 26.6. The zero-order valence-corrected chi connectivity index (χ0v) is 21.8. The number of H-pyrrole nitrogens is 1. The highest BCUT2D eigenvalue weighted by molar-refractivity contribution is 7.99. The predicted molar refractivity (Wildman–Crippen MR) is 137 cm³/mol. The quantitative estimate of drug-likeness (QED) is 0.344. The summed E-state index contributed by atoms with van der Waals surface area (Å²) in [5, 5.41) is 3.87. The van der Waals surface area contributed by atoms with Crippen molar-refractivity contribution in [3.63, 3.8) is 0 Å². The number of thioether (sulfide) groups is 1. The van der Waals surface area contributed by atoms with Crippen molar-refractivity contribution in [2.45, 2.75) is 50.1 Å². The molecule has 1 unspecified atom stereocenters. The number of benzene rings is 1. The molecule has 0 radical (unpaired) electrons. The minimum atomic E-state index is -3.54. The number of hydrogen-bond acceptors (Lipinski definition) is 7. The van der Waals surface area contributed by atoms with E-state index in [4.69, 9.17) is 0 Å². The van der Waals surface area contributed by atoms with Crippen LogP contribution in [0.4, 0.5) is 5.69 Å². The Kier molecular flexibility index (Phi) is 7.46. The smallest absolute Gasteiger partial charge is 0.260 e. The Balaban J connectivity index is 1.41. The molecule has 34 heavy (non-hydrogen) atoms. The Hall–Kier alpha value is -2.21. The van der Waals surface area contributed by atoms with Crippen LogP contribution < -0.4 is 10.9 Å². The van der Waals surface area contributed by atoms with Crippen molar-refractivity contribution in [1.82, 2.24) is 14.3 Å². The number of sulfonamides is 1. The van der Waals surface area contributed by atoms with Crippen LogP contribution in [0.25, 0.3) is 10.2 Å². The van der Waals surface area contributed by atoms with E-state index in [0.717, 1.165) is 29.7 Å². The minimum Gasteiger partial charge on any atom is -0.325 e. The van der Waals surface area contributed by atoms with Crippen LogP contribution in [0.3, 0.4) is 0 Å². The summed E-state index contributed by atoms with van der Waals surface area (Å²) in [6.45, 7) is 6.59. The van der Waals surface area contributed by atoms with E-state index >= 15 is 0 Å². The van der Waals surface area contributed by atoms with Gasteiger partial charge in [0.15, 0.2) is 5.16 Å². The Morgan fingerprint density at radius 1 is 1.26 bits per heavy atom. The second-order valence-corrected chi connectivity index (χ2v) is 12.3. The third-order valence-corrected chi connectivity index (χ3v) is 10.1. The second kappa shape index (κ2) is 10.2. The standard InChI is InChI=1S/C23H28N4O4S3/c1-4-27(5-2)34(30,31)16-9-7-15(8-10-16)24-19(28)13-32-23-25-21(29)20-17-11-6-14(3)12-18(17)33-22(20)26-23/h7-10,14H,4-6,11-13H2,1-3H3,(H,24,28)(H,25,26,29). The van der Waals surface area contributed by atoms with Crippen molar-refractivity contribution in [3.05, 3.63) is 45.1 Å². The molecule has 3 aromatic rings. The van der Waals surface area contributed by atoms with Crippen molar-refractivity contribution in [2.24, 2.45) is 5.92 Å². The molecule has 1 amide bonds. The van der Waals surface area contributed by atoms with Crippen molar-refractivity contribution >= 4 is 54.9 Å².